The number of hydrogen-bond acceptors (Lipinski definition) is 6. The first-order valence-electron chi connectivity index (χ1n) is 20.8. The van der Waals surface area contributed by atoms with E-state index in [1.807, 2.05) is 13.8 Å². The molecular weight excluding hydrogens is 677 g/mol. The number of unbranched alkanes of at least 4 members (excludes halogenated alkanes) is 18. The standard InChI is InChI=1S/C23H45NO3.C16H30O2.C5H9NO.2CH4/c1-6-8-9-10-11-12-13-14-15-16-17-27-19-22(25)20(3)18-21(7-2)23(26)24(4)5;1-3-5-6-7-8-9-10-11-12-13-14-18-15-16(17)4-2;1-4-5(7)6(2)3;;/h20-21H,6-19H2,1-5H3;4H,2-3,5-15H2,1H3;4H,1H2,2-3H3;2*1H4. The number of Topliss-reactive ketones (excluding diaryl/α,β-unsaturated/α-hetero) is 1. The van der Waals surface area contributed by atoms with Crippen molar-refractivity contribution in [3.63, 3.8) is 0 Å². The average molecular weight is 769 g/mol. The van der Waals surface area contributed by atoms with Crippen molar-refractivity contribution in [2.45, 2.75) is 184 Å². The summed E-state index contributed by atoms with van der Waals surface area (Å²) >= 11 is 0. The Morgan fingerprint density at radius 1 is 0.556 bits per heavy atom. The molecule has 0 heterocycles. The highest BCUT2D eigenvalue weighted by Crippen LogP contribution is 2.19. The van der Waals surface area contributed by atoms with Crippen LogP contribution < -0.4 is 0 Å². The van der Waals surface area contributed by atoms with Crippen molar-refractivity contribution in [3.8, 4) is 0 Å². The minimum atomic E-state index is -0.119. The fraction of sp³-hybridized carbons (Fsp3) is 0.826. The molecule has 8 heteroatoms. The first-order valence-corrected chi connectivity index (χ1v) is 20.8. The first kappa shape index (κ1) is 60.9. The first-order chi connectivity index (χ1) is 24.9. The highest BCUT2D eigenvalue weighted by Gasteiger charge is 2.24. The maximum Gasteiger partial charge on any atom is 0.245 e. The lowest BCUT2D eigenvalue weighted by atomic mass is 9.90. The van der Waals surface area contributed by atoms with E-state index >= 15 is 0 Å². The van der Waals surface area contributed by atoms with Crippen LogP contribution in [0.1, 0.15) is 184 Å². The summed E-state index contributed by atoms with van der Waals surface area (Å²) in [5.41, 5.74) is 0. The van der Waals surface area contributed by atoms with Crippen molar-refractivity contribution in [3.05, 3.63) is 25.3 Å². The molecule has 0 aromatic heterocycles. The van der Waals surface area contributed by atoms with E-state index in [1.54, 1.807) is 33.1 Å². The lowest BCUT2D eigenvalue weighted by molar-refractivity contribution is -0.134. The van der Waals surface area contributed by atoms with Gasteiger partial charge in [0.25, 0.3) is 0 Å². The van der Waals surface area contributed by atoms with Gasteiger partial charge in [-0.1, -0.05) is 171 Å². The zero-order valence-corrected chi connectivity index (χ0v) is 35.5. The summed E-state index contributed by atoms with van der Waals surface area (Å²) < 4.78 is 10.8. The largest absolute Gasteiger partial charge is 0.374 e. The molecule has 8 nitrogen and oxygen atoms in total. The third kappa shape index (κ3) is 44.1. The van der Waals surface area contributed by atoms with E-state index in [0.717, 1.165) is 19.3 Å². The summed E-state index contributed by atoms with van der Waals surface area (Å²) in [6.07, 6.45) is 30.2. The molecule has 2 atom stereocenters. The SMILES string of the molecule is C.C.C=CC(=O)COCCCCCCCCCCCC.C=CC(=O)N(C)C.CCCCCCCCCCCCOCC(=O)C(C)CC(CC)C(=O)N(C)C. The number of hydrogen-bond donors (Lipinski definition) is 0. The van der Waals surface area contributed by atoms with Crippen molar-refractivity contribution < 1.29 is 28.7 Å². The van der Waals surface area contributed by atoms with Gasteiger partial charge in [-0.25, -0.2) is 0 Å². The Bertz CT molecular complexity index is 873. The van der Waals surface area contributed by atoms with Crippen molar-refractivity contribution in [2.75, 3.05) is 54.6 Å². The molecule has 54 heavy (non-hydrogen) atoms. The number of amides is 2. The van der Waals surface area contributed by atoms with E-state index in [-0.39, 0.29) is 63.3 Å². The van der Waals surface area contributed by atoms with Crippen LogP contribution in [-0.4, -0.2) is 87.8 Å². The van der Waals surface area contributed by atoms with E-state index in [0.29, 0.717) is 19.6 Å². The quantitative estimate of drug-likeness (QED) is 0.0487. The minimum Gasteiger partial charge on any atom is -0.374 e. The van der Waals surface area contributed by atoms with Gasteiger partial charge in [0, 0.05) is 53.2 Å². The lowest BCUT2D eigenvalue weighted by Gasteiger charge is -2.21. The van der Waals surface area contributed by atoms with Crippen LogP contribution >= 0.6 is 0 Å². The van der Waals surface area contributed by atoms with Crippen molar-refractivity contribution >= 4 is 23.4 Å². The van der Waals surface area contributed by atoms with Gasteiger partial charge >= 0.3 is 0 Å². The average Bonchev–Trinajstić information content (AvgIpc) is 3.14. The lowest BCUT2D eigenvalue weighted by Crippen LogP contribution is -2.32. The van der Waals surface area contributed by atoms with Crippen LogP contribution in [0.2, 0.25) is 0 Å². The van der Waals surface area contributed by atoms with E-state index in [4.69, 9.17) is 9.47 Å². The maximum absolute atomic E-state index is 12.2. The van der Waals surface area contributed by atoms with Crippen LogP contribution in [0.25, 0.3) is 0 Å². The summed E-state index contributed by atoms with van der Waals surface area (Å²) in [6, 6.07) is 0. The molecule has 0 aromatic rings. The number of ether oxygens (including phenoxy) is 2. The van der Waals surface area contributed by atoms with Gasteiger partial charge in [0.15, 0.2) is 11.6 Å². The molecule has 0 spiro atoms. The number of nitrogens with zero attached hydrogens (tertiary/aromatic N) is 2. The van der Waals surface area contributed by atoms with Gasteiger partial charge in [-0.15, -0.1) is 0 Å². The fourth-order valence-electron chi connectivity index (χ4n) is 5.48. The Morgan fingerprint density at radius 3 is 1.22 bits per heavy atom. The van der Waals surface area contributed by atoms with Crippen LogP contribution in [0.5, 0.6) is 0 Å². The number of ketones is 2. The van der Waals surface area contributed by atoms with Gasteiger partial charge in [-0.05, 0) is 37.8 Å². The van der Waals surface area contributed by atoms with E-state index < -0.39 is 0 Å². The predicted molar refractivity (Wildman–Crippen MR) is 234 cm³/mol. The van der Waals surface area contributed by atoms with Crippen LogP contribution in [0.3, 0.4) is 0 Å². The molecule has 2 amide bonds. The molecular formula is C46H92N2O6. The monoisotopic (exact) mass is 769 g/mol. The Morgan fingerprint density at radius 2 is 0.926 bits per heavy atom. The third-order valence-electron chi connectivity index (χ3n) is 9.09. The van der Waals surface area contributed by atoms with Gasteiger partial charge in [-0.2, -0.15) is 0 Å². The number of likely N-dealkylation sites (N-methyl/N-ethyl adjacent to an activating group) is 1. The van der Waals surface area contributed by atoms with Gasteiger partial charge in [-0.3, -0.25) is 19.2 Å². The van der Waals surface area contributed by atoms with E-state index in [2.05, 4.69) is 27.0 Å². The van der Waals surface area contributed by atoms with Crippen molar-refractivity contribution in [2.24, 2.45) is 11.8 Å². The van der Waals surface area contributed by atoms with Crippen molar-refractivity contribution in [1.29, 1.82) is 0 Å². The highest BCUT2D eigenvalue weighted by atomic mass is 16.5. The molecule has 0 N–H and O–H groups in total. The molecule has 0 radical (unpaired) electrons. The molecule has 0 aliphatic heterocycles. The van der Waals surface area contributed by atoms with Crippen LogP contribution in [0, 0.1) is 11.8 Å². The van der Waals surface area contributed by atoms with Crippen LogP contribution in [-0.2, 0) is 28.7 Å². The molecule has 0 rings (SSSR count). The zero-order chi connectivity index (χ0) is 39.8. The summed E-state index contributed by atoms with van der Waals surface area (Å²) in [6.45, 7) is 16.9. The third-order valence-corrected chi connectivity index (χ3v) is 9.09. The maximum atomic E-state index is 12.2. The van der Waals surface area contributed by atoms with Gasteiger partial charge in [0.1, 0.15) is 13.2 Å². The normalized spacial score (nSPS) is 11.2. The molecule has 322 valence electrons. The van der Waals surface area contributed by atoms with Crippen LogP contribution in [0.15, 0.2) is 25.3 Å². The van der Waals surface area contributed by atoms with Gasteiger partial charge in [0.2, 0.25) is 11.8 Å². The Balaban J connectivity index is -0.000000255. The molecule has 0 bridgehead atoms. The molecule has 0 aliphatic rings. The fourth-order valence-corrected chi connectivity index (χ4v) is 5.48. The number of carbonyl (C=O) groups excluding carboxylic acids is 4. The van der Waals surface area contributed by atoms with Gasteiger partial charge in [0.05, 0.1) is 0 Å². The Labute approximate surface area is 336 Å². The van der Waals surface area contributed by atoms with Gasteiger partial charge < -0.3 is 19.3 Å². The van der Waals surface area contributed by atoms with E-state index in [1.165, 1.54) is 133 Å². The predicted octanol–water partition coefficient (Wildman–Crippen LogP) is 11.8. The molecule has 0 saturated heterocycles. The minimum absolute atomic E-state index is 0. The summed E-state index contributed by atoms with van der Waals surface area (Å²) in [5, 5.41) is 0. The summed E-state index contributed by atoms with van der Waals surface area (Å²) in [4.78, 5) is 48.6. The molecule has 0 saturated carbocycles. The topological polar surface area (TPSA) is 93.2 Å². The van der Waals surface area contributed by atoms with Crippen molar-refractivity contribution in [1.82, 2.24) is 9.80 Å². The van der Waals surface area contributed by atoms with E-state index in [9.17, 15) is 19.2 Å². The van der Waals surface area contributed by atoms with Crippen LogP contribution in [0.4, 0.5) is 0 Å². The smallest absolute Gasteiger partial charge is 0.245 e. The molecule has 0 fully saturated rings. The molecule has 0 aromatic carbocycles. The summed E-state index contributed by atoms with van der Waals surface area (Å²) in [5.74, 6) is -0.0370. The zero-order valence-electron chi connectivity index (χ0n) is 35.5. The highest BCUT2D eigenvalue weighted by molar-refractivity contribution is 5.90. The second-order valence-electron chi connectivity index (χ2n) is 14.5. The molecule has 2 unspecified atom stereocenters. The Kier molecular flexibility index (Phi) is 52.8. The second-order valence-corrected chi connectivity index (χ2v) is 14.5. The number of rotatable bonds is 33. The summed E-state index contributed by atoms with van der Waals surface area (Å²) in [7, 11) is 6.91. The second kappa shape index (κ2) is 46.8. The Hall–Kier alpha value is -2.32. The molecule has 0 aliphatic carbocycles. The number of carbonyl (C=O) groups is 4.